The second-order valence-electron chi connectivity index (χ2n) is 4.72. The summed E-state index contributed by atoms with van der Waals surface area (Å²) < 4.78 is 0.788. The fraction of sp³-hybridized carbons (Fsp3) is 0.385. The van der Waals surface area contributed by atoms with Crippen molar-refractivity contribution in [1.82, 2.24) is 4.90 Å². The van der Waals surface area contributed by atoms with E-state index >= 15 is 0 Å². The summed E-state index contributed by atoms with van der Waals surface area (Å²) in [5.41, 5.74) is 0.442. The van der Waals surface area contributed by atoms with Crippen LogP contribution >= 0.6 is 27.5 Å². The summed E-state index contributed by atoms with van der Waals surface area (Å²) in [4.78, 5) is 24.7. The number of likely N-dealkylation sites (tertiary alicyclic amines) is 1. The summed E-state index contributed by atoms with van der Waals surface area (Å²) >= 11 is 9.30. The molecule has 0 saturated carbocycles. The highest BCUT2D eigenvalue weighted by Gasteiger charge is 2.37. The van der Waals surface area contributed by atoms with Crippen molar-refractivity contribution in [3.63, 3.8) is 0 Å². The Morgan fingerprint density at radius 3 is 2.68 bits per heavy atom. The second kappa shape index (κ2) is 5.51. The van der Waals surface area contributed by atoms with E-state index in [1.807, 2.05) is 0 Å². The summed E-state index contributed by atoms with van der Waals surface area (Å²) in [6.45, 7) is 2.60. The number of hydrogen-bond donors (Lipinski definition) is 1. The summed E-state index contributed by atoms with van der Waals surface area (Å²) in [6.07, 6.45) is 0. The molecular weight excluding hydrogens is 334 g/mol. The number of carboxylic acid groups (broad SMARTS) is 1. The maximum Gasteiger partial charge on any atom is 0.306 e. The van der Waals surface area contributed by atoms with Crippen molar-refractivity contribution < 1.29 is 14.7 Å². The number of nitrogens with zero attached hydrogens (tertiary/aromatic N) is 1. The monoisotopic (exact) mass is 345 g/mol. The Hall–Kier alpha value is -1.07. The molecule has 0 bridgehead atoms. The topological polar surface area (TPSA) is 57.6 Å². The maximum atomic E-state index is 12.2. The lowest BCUT2D eigenvalue weighted by Crippen LogP contribution is -2.53. The van der Waals surface area contributed by atoms with Gasteiger partial charge in [0.25, 0.3) is 5.91 Å². The standard InChI is InChI=1S/C13H13BrClNO3/c1-7(13(18)19)8-5-16(6-8)12(17)10-4-9(14)2-3-11(10)15/h2-4,7-8H,5-6H2,1H3,(H,18,19). The number of amides is 1. The molecule has 1 N–H and O–H groups in total. The molecule has 1 aromatic carbocycles. The first-order valence-corrected chi connectivity index (χ1v) is 7.04. The first-order valence-electron chi connectivity index (χ1n) is 5.87. The molecule has 1 heterocycles. The van der Waals surface area contributed by atoms with Gasteiger partial charge in [0.2, 0.25) is 0 Å². The van der Waals surface area contributed by atoms with Gasteiger partial charge in [0.05, 0.1) is 16.5 Å². The largest absolute Gasteiger partial charge is 0.481 e. The summed E-state index contributed by atoms with van der Waals surface area (Å²) in [6, 6.07) is 5.11. The molecule has 0 spiro atoms. The number of aliphatic carboxylic acids is 1. The van der Waals surface area contributed by atoms with Crippen molar-refractivity contribution in [2.24, 2.45) is 11.8 Å². The van der Waals surface area contributed by atoms with Gasteiger partial charge in [-0.25, -0.2) is 0 Å². The highest BCUT2D eigenvalue weighted by atomic mass is 79.9. The van der Waals surface area contributed by atoms with Crippen LogP contribution in [0.4, 0.5) is 0 Å². The van der Waals surface area contributed by atoms with Crippen LogP contribution in [0.15, 0.2) is 22.7 Å². The van der Waals surface area contributed by atoms with E-state index in [9.17, 15) is 9.59 Å². The zero-order valence-electron chi connectivity index (χ0n) is 10.3. The zero-order chi connectivity index (χ0) is 14.2. The number of hydrogen-bond acceptors (Lipinski definition) is 2. The van der Waals surface area contributed by atoms with Gasteiger partial charge in [-0.15, -0.1) is 0 Å². The Labute approximate surface area is 124 Å². The van der Waals surface area contributed by atoms with Crippen molar-refractivity contribution in [1.29, 1.82) is 0 Å². The van der Waals surface area contributed by atoms with Gasteiger partial charge in [-0.1, -0.05) is 34.5 Å². The number of carbonyl (C=O) groups is 2. The Morgan fingerprint density at radius 2 is 2.11 bits per heavy atom. The first kappa shape index (κ1) is 14.3. The molecule has 1 atom stereocenters. The number of benzene rings is 1. The van der Waals surface area contributed by atoms with E-state index in [4.69, 9.17) is 16.7 Å². The molecule has 4 nitrogen and oxygen atoms in total. The van der Waals surface area contributed by atoms with Crippen LogP contribution in [0, 0.1) is 11.8 Å². The SMILES string of the molecule is CC(C(=O)O)C1CN(C(=O)c2cc(Br)ccc2Cl)C1. The van der Waals surface area contributed by atoms with Gasteiger partial charge < -0.3 is 10.0 Å². The smallest absolute Gasteiger partial charge is 0.306 e. The van der Waals surface area contributed by atoms with Crippen molar-refractivity contribution in [3.8, 4) is 0 Å². The number of rotatable bonds is 3. The van der Waals surface area contributed by atoms with Gasteiger partial charge in [-0.05, 0) is 18.2 Å². The summed E-state index contributed by atoms with van der Waals surface area (Å²) in [5.74, 6) is -1.38. The van der Waals surface area contributed by atoms with Crippen LogP contribution in [0.5, 0.6) is 0 Å². The molecular formula is C13H13BrClNO3. The lowest BCUT2D eigenvalue weighted by molar-refractivity contribution is -0.144. The minimum Gasteiger partial charge on any atom is -0.481 e. The third-order valence-electron chi connectivity index (χ3n) is 3.45. The molecule has 0 aromatic heterocycles. The van der Waals surface area contributed by atoms with Crippen LogP contribution in [0.3, 0.4) is 0 Å². The summed E-state index contributed by atoms with van der Waals surface area (Å²) in [7, 11) is 0. The Balaban J connectivity index is 2.04. The molecule has 6 heteroatoms. The van der Waals surface area contributed by atoms with E-state index in [0.29, 0.717) is 23.7 Å². The molecule has 0 radical (unpaired) electrons. The molecule has 1 aromatic rings. The average Bonchev–Trinajstić information content (AvgIpc) is 2.29. The quantitative estimate of drug-likeness (QED) is 0.915. The third kappa shape index (κ3) is 2.92. The average molecular weight is 347 g/mol. The molecule has 1 aliphatic heterocycles. The predicted molar refractivity (Wildman–Crippen MR) is 75.3 cm³/mol. The molecule has 19 heavy (non-hydrogen) atoms. The van der Waals surface area contributed by atoms with E-state index in [1.54, 1.807) is 30.0 Å². The minimum absolute atomic E-state index is 0.0207. The number of halogens is 2. The van der Waals surface area contributed by atoms with Crippen LogP contribution in [0.25, 0.3) is 0 Å². The second-order valence-corrected chi connectivity index (χ2v) is 6.04. The Morgan fingerprint density at radius 1 is 1.47 bits per heavy atom. The minimum atomic E-state index is -0.822. The van der Waals surface area contributed by atoms with E-state index in [-0.39, 0.29) is 11.8 Å². The van der Waals surface area contributed by atoms with Crippen molar-refractivity contribution in [3.05, 3.63) is 33.3 Å². The van der Waals surface area contributed by atoms with Gasteiger partial charge in [-0.2, -0.15) is 0 Å². The third-order valence-corrected chi connectivity index (χ3v) is 4.28. The van der Waals surface area contributed by atoms with Gasteiger partial charge in [-0.3, -0.25) is 9.59 Å². The zero-order valence-corrected chi connectivity index (χ0v) is 12.6. The molecule has 1 saturated heterocycles. The molecule has 102 valence electrons. The first-order chi connectivity index (χ1) is 8.90. The fourth-order valence-electron chi connectivity index (χ4n) is 2.03. The molecule has 1 unspecified atom stereocenters. The molecule has 1 fully saturated rings. The summed E-state index contributed by atoms with van der Waals surface area (Å²) in [5, 5.41) is 9.31. The lowest BCUT2D eigenvalue weighted by Gasteiger charge is -2.41. The highest BCUT2D eigenvalue weighted by Crippen LogP contribution is 2.28. The lowest BCUT2D eigenvalue weighted by atomic mass is 9.86. The van der Waals surface area contributed by atoms with E-state index in [0.717, 1.165) is 4.47 Å². The molecule has 2 rings (SSSR count). The van der Waals surface area contributed by atoms with E-state index < -0.39 is 11.9 Å². The normalized spacial score (nSPS) is 16.9. The predicted octanol–water partition coefficient (Wildman–Crippen LogP) is 2.90. The van der Waals surface area contributed by atoms with E-state index in [2.05, 4.69) is 15.9 Å². The van der Waals surface area contributed by atoms with Crippen LogP contribution in [-0.2, 0) is 4.79 Å². The maximum absolute atomic E-state index is 12.2. The van der Waals surface area contributed by atoms with Crippen molar-refractivity contribution in [2.45, 2.75) is 6.92 Å². The van der Waals surface area contributed by atoms with Crippen LogP contribution in [0.1, 0.15) is 17.3 Å². The van der Waals surface area contributed by atoms with Crippen LogP contribution in [0.2, 0.25) is 5.02 Å². The van der Waals surface area contributed by atoms with Crippen LogP contribution in [-0.4, -0.2) is 35.0 Å². The number of carbonyl (C=O) groups excluding carboxylic acids is 1. The molecule has 1 aliphatic rings. The molecule has 0 aliphatic carbocycles. The van der Waals surface area contributed by atoms with Crippen LogP contribution < -0.4 is 0 Å². The van der Waals surface area contributed by atoms with Gasteiger partial charge in [0.1, 0.15) is 0 Å². The van der Waals surface area contributed by atoms with Gasteiger partial charge in [0.15, 0.2) is 0 Å². The van der Waals surface area contributed by atoms with Gasteiger partial charge >= 0.3 is 5.97 Å². The Bertz CT molecular complexity index is 529. The fourth-order valence-corrected chi connectivity index (χ4v) is 2.59. The van der Waals surface area contributed by atoms with Crippen molar-refractivity contribution >= 4 is 39.4 Å². The molecule has 1 amide bonds. The Kier molecular flexibility index (Phi) is 4.16. The van der Waals surface area contributed by atoms with Gasteiger partial charge in [0, 0.05) is 23.5 Å². The highest BCUT2D eigenvalue weighted by molar-refractivity contribution is 9.10. The van der Waals surface area contributed by atoms with E-state index in [1.165, 1.54) is 0 Å². The van der Waals surface area contributed by atoms with Crippen molar-refractivity contribution in [2.75, 3.05) is 13.1 Å². The number of carboxylic acids is 1.